The molecule has 2 N–H and O–H groups in total. The van der Waals surface area contributed by atoms with Crippen molar-refractivity contribution < 1.29 is 4.74 Å². The smallest absolute Gasteiger partial charge is 0.320 e. The summed E-state index contributed by atoms with van der Waals surface area (Å²) in [6, 6.07) is 0.627. The number of aromatic nitrogens is 5. The van der Waals surface area contributed by atoms with Gasteiger partial charge >= 0.3 is 6.01 Å². The van der Waals surface area contributed by atoms with Gasteiger partial charge in [0.1, 0.15) is 0 Å². The molecule has 96 valence electrons. The second kappa shape index (κ2) is 4.40. The molecule has 3 rings (SSSR count). The van der Waals surface area contributed by atoms with Crippen LogP contribution in [0, 0.1) is 0 Å². The monoisotopic (exact) mass is 248 g/mol. The quantitative estimate of drug-likeness (QED) is 0.861. The van der Waals surface area contributed by atoms with Gasteiger partial charge in [-0.3, -0.25) is 0 Å². The molecular formula is C11H16N6O. The highest BCUT2D eigenvalue weighted by Crippen LogP contribution is 2.30. The molecule has 18 heavy (non-hydrogen) atoms. The minimum atomic E-state index is 0.263. The number of anilines is 1. The molecular weight excluding hydrogens is 232 g/mol. The van der Waals surface area contributed by atoms with Crippen molar-refractivity contribution in [1.82, 2.24) is 25.0 Å². The van der Waals surface area contributed by atoms with Crippen LogP contribution in [0.4, 0.5) is 5.82 Å². The van der Waals surface area contributed by atoms with E-state index < -0.39 is 0 Å². The van der Waals surface area contributed by atoms with Gasteiger partial charge in [-0.25, -0.2) is 4.68 Å². The molecule has 7 nitrogen and oxygen atoms in total. The van der Waals surface area contributed by atoms with Crippen molar-refractivity contribution >= 4 is 17.0 Å². The molecule has 2 aromatic heterocycles. The minimum Gasteiger partial charge on any atom is -0.467 e. The average molecular weight is 248 g/mol. The Hall–Kier alpha value is -1.92. The van der Waals surface area contributed by atoms with Crippen LogP contribution in [0.25, 0.3) is 11.2 Å². The summed E-state index contributed by atoms with van der Waals surface area (Å²) in [6.45, 7) is 0. The van der Waals surface area contributed by atoms with Crippen LogP contribution >= 0.6 is 0 Å². The fourth-order valence-corrected chi connectivity index (χ4v) is 2.49. The number of hydrogen-bond acceptors (Lipinski definition) is 6. The van der Waals surface area contributed by atoms with Crippen molar-refractivity contribution in [2.24, 2.45) is 0 Å². The Morgan fingerprint density at radius 1 is 1.22 bits per heavy atom. The Labute approximate surface area is 104 Å². The molecule has 2 heterocycles. The minimum absolute atomic E-state index is 0.263. The number of methoxy groups -OCH3 is 1. The van der Waals surface area contributed by atoms with Gasteiger partial charge in [0.25, 0.3) is 0 Å². The summed E-state index contributed by atoms with van der Waals surface area (Å²) in [6.07, 6.45) is 5.98. The predicted molar refractivity (Wildman–Crippen MR) is 66.2 cm³/mol. The van der Waals surface area contributed by atoms with E-state index in [4.69, 9.17) is 10.5 Å². The van der Waals surface area contributed by atoms with Crippen molar-refractivity contribution in [2.75, 3.05) is 12.8 Å². The maximum Gasteiger partial charge on any atom is 0.320 e. The summed E-state index contributed by atoms with van der Waals surface area (Å²) in [5.41, 5.74) is 7.06. The molecule has 0 aromatic carbocycles. The summed E-state index contributed by atoms with van der Waals surface area (Å²) in [5.74, 6) is 0.318. The zero-order chi connectivity index (χ0) is 12.5. The number of nitrogen functional groups attached to an aromatic ring is 1. The van der Waals surface area contributed by atoms with Crippen molar-refractivity contribution in [1.29, 1.82) is 0 Å². The third kappa shape index (κ3) is 1.75. The van der Waals surface area contributed by atoms with Gasteiger partial charge in [0, 0.05) is 0 Å². The van der Waals surface area contributed by atoms with Gasteiger partial charge in [-0.2, -0.15) is 9.97 Å². The van der Waals surface area contributed by atoms with Crippen LogP contribution in [0.1, 0.15) is 38.1 Å². The van der Waals surface area contributed by atoms with E-state index in [1.54, 1.807) is 0 Å². The fraction of sp³-hybridized carbons (Fsp3) is 0.636. The first-order valence-electron chi connectivity index (χ1n) is 6.22. The van der Waals surface area contributed by atoms with Crippen molar-refractivity contribution in [2.45, 2.75) is 38.1 Å². The lowest BCUT2D eigenvalue weighted by atomic mass is 9.96. The van der Waals surface area contributed by atoms with Crippen LogP contribution in [0.15, 0.2) is 0 Å². The number of rotatable bonds is 2. The second-order valence-corrected chi connectivity index (χ2v) is 4.59. The molecule has 0 amide bonds. The topological polar surface area (TPSA) is 91.7 Å². The first-order valence-corrected chi connectivity index (χ1v) is 6.22. The normalized spacial score (nSPS) is 17.2. The largest absolute Gasteiger partial charge is 0.467 e. The molecule has 1 aliphatic rings. The van der Waals surface area contributed by atoms with E-state index in [0.29, 0.717) is 23.0 Å². The first kappa shape index (κ1) is 11.2. The lowest BCUT2D eigenvalue weighted by Gasteiger charge is -2.21. The summed E-state index contributed by atoms with van der Waals surface area (Å²) >= 11 is 0. The molecule has 0 radical (unpaired) electrons. The van der Waals surface area contributed by atoms with Crippen LogP contribution in [0.5, 0.6) is 6.01 Å². The summed E-state index contributed by atoms with van der Waals surface area (Å²) in [7, 11) is 1.52. The van der Waals surface area contributed by atoms with Gasteiger partial charge in [0.15, 0.2) is 17.0 Å². The number of ether oxygens (including phenoxy) is 1. The average Bonchev–Trinajstić information content (AvgIpc) is 2.84. The molecule has 0 bridgehead atoms. The van der Waals surface area contributed by atoms with E-state index in [1.807, 2.05) is 4.68 Å². The van der Waals surface area contributed by atoms with Crippen LogP contribution in [-0.2, 0) is 0 Å². The van der Waals surface area contributed by atoms with Gasteiger partial charge in [-0.15, -0.1) is 5.10 Å². The molecule has 0 spiro atoms. The lowest BCUT2D eigenvalue weighted by molar-refractivity contribution is 0.328. The number of fused-ring (bicyclic) bond motifs is 1. The molecule has 2 aromatic rings. The lowest BCUT2D eigenvalue weighted by Crippen LogP contribution is -2.15. The van der Waals surface area contributed by atoms with E-state index in [2.05, 4.69) is 20.3 Å². The summed E-state index contributed by atoms with van der Waals surface area (Å²) < 4.78 is 6.91. The molecule has 1 saturated carbocycles. The second-order valence-electron chi connectivity index (χ2n) is 4.59. The van der Waals surface area contributed by atoms with Crippen molar-refractivity contribution in [3.63, 3.8) is 0 Å². The number of nitrogens with two attached hydrogens (primary N) is 1. The third-order valence-electron chi connectivity index (χ3n) is 3.43. The van der Waals surface area contributed by atoms with Gasteiger partial charge in [-0.1, -0.05) is 24.5 Å². The van der Waals surface area contributed by atoms with Gasteiger partial charge in [-0.05, 0) is 12.8 Å². The molecule has 0 saturated heterocycles. The molecule has 0 aliphatic heterocycles. The Bertz CT molecular complexity index is 560. The van der Waals surface area contributed by atoms with Crippen molar-refractivity contribution in [3.8, 4) is 6.01 Å². The van der Waals surface area contributed by atoms with Crippen molar-refractivity contribution in [3.05, 3.63) is 0 Å². The maximum atomic E-state index is 5.83. The molecule has 1 fully saturated rings. The highest BCUT2D eigenvalue weighted by Gasteiger charge is 2.21. The fourth-order valence-electron chi connectivity index (χ4n) is 2.49. The zero-order valence-corrected chi connectivity index (χ0v) is 10.3. The standard InChI is InChI=1S/C11H16N6O/c1-18-11-13-9(12)8-10(14-11)17(16-15-8)7-5-3-2-4-6-7/h7H,2-6H2,1H3,(H2,12,13,14). The zero-order valence-electron chi connectivity index (χ0n) is 10.3. The van der Waals surface area contributed by atoms with E-state index >= 15 is 0 Å². The summed E-state index contributed by atoms with van der Waals surface area (Å²) in [4.78, 5) is 8.32. The molecule has 7 heteroatoms. The van der Waals surface area contributed by atoms with Crippen LogP contribution < -0.4 is 10.5 Å². The number of hydrogen-bond donors (Lipinski definition) is 1. The highest BCUT2D eigenvalue weighted by atomic mass is 16.5. The Balaban J connectivity index is 2.09. The predicted octanol–water partition coefficient (Wildman–Crippen LogP) is 1.32. The van der Waals surface area contributed by atoms with Gasteiger partial charge in [0.2, 0.25) is 0 Å². The Morgan fingerprint density at radius 3 is 2.72 bits per heavy atom. The van der Waals surface area contributed by atoms with Crippen LogP contribution in [0.3, 0.4) is 0 Å². The number of nitrogens with zero attached hydrogens (tertiary/aromatic N) is 5. The Kier molecular flexibility index (Phi) is 2.73. The van der Waals surface area contributed by atoms with E-state index in [0.717, 1.165) is 12.8 Å². The molecule has 0 unspecified atom stereocenters. The van der Waals surface area contributed by atoms with Crippen LogP contribution in [-0.4, -0.2) is 32.1 Å². The summed E-state index contributed by atoms with van der Waals surface area (Å²) in [5, 5.41) is 8.26. The Morgan fingerprint density at radius 2 is 2.00 bits per heavy atom. The van der Waals surface area contributed by atoms with Gasteiger partial charge < -0.3 is 10.5 Å². The molecule has 1 aliphatic carbocycles. The third-order valence-corrected chi connectivity index (χ3v) is 3.43. The highest BCUT2D eigenvalue weighted by molar-refractivity contribution is 5.81. The first-order chi connectivity index (χ1) is 8.79. The van der Waals surface area contributed by atoms with E-state index in [1.165, 1.54) is 26.4 Å². The van der Waals surface area contributed by atoms with Crippen LogP contribution in [0.2, 0.25) is 0 Å². The van der Waals surface area contributed by atoms with Gasteiger partial charge in [0.05, 0.1) is 13.2 Å². The van der Waals surface area contributed by atoms with E-state index in [9.17, 15) is 0 Å². The SMILES string of the molecule is COc1nc(N)c2nnn(C3CCCCC3)c2n1. The molecule has 0 atom stereocenters. The maximum absolute atomic E-state index is 5.83. The van der Waals surface area contributed by atoms with E-state index in [-0.39, 0.29) is 6.01 Å².